The smallest absolute Gasteiger partial charge is 0.0443 e. The first-order valence-corrected chi connectivity index (χ1v) is 6.06. The van der Waals surface area contributed by atoms with Crippen molar-refractivity contribution in [1.29, 1.82) is 0 Å². The highest BCUT2D eigenvalue weighted by Gasteiger charge is 1.99. The Morgan fingerprint density at radius 3 is 2.42 bits per heavy atom. The van der Waals surface area contributed by atoms with E-state index in [1.54, 1.807) is 0 Å². The maximum atomic E-state index is 8.65. The lowest BCUT2D eigenvalue weighted by Gasteiger charge is -2.19. The van der Waals surface area contributed by atoms with Crippen molar-refractivity contribution in [1.82, 2.24) is 4.90 Å². The van der Waals surface area contributed by atoms with Gasteiger partial charge in [-0.05, 0) is 37.9 Å². The van der Waals surface area contributed by atoms with Crippen molar-refractivity contribution in [3.8, 4) is 0 Å². The average molecular weight is 191 g/mol. The van der Waals surface area contributed by atoms with Gasteiger partial charge in [0, 0.05) is 13.2 Å². The largest absolute Gasteiger partial charge is 0.396 e. The molecule has 0 aromatic heterocycles. The van der Waals surface area contributed by atoms with Crippen LogP contribution < -0.4 is 0 Å². The van der Waals surface area contributed by atoms with Crippen molar-refractivity contribution in [3.63, 3.8) is 0 Å². The van der Waals surface area contributed by atoms with E-state index in [4.69, 9.17) is 5.11 Å². The van der Waals surface area contributed by atoms with Crippen LogP contribution in [-0.4, -0.2) is 48.3 Å². The molecule has 0 radical (unpaired) electrons. The van der Waals surface area contributed by atoms with Crippen LogP contribution in [0.2, 0.25) is 0 Å². The predicted molar refractivity (Wildman–Crippen MR) is 56.8 cm³/mol. The molecule has 0 saturated heterocycles. The molecule has 0 aromatic rings. The van der Waals surface area contributed by atoms with Crippen LogP contribution in [0.15, 0.2) is 0 Å². The van der Waals surface area contributed by atoms with E-state index in [2.05, 4.69) is 18.1 Å². The summed E-state index contributed by atoms with van der Waals surface area (Å²) in [4.78, 5) is 2.40. The molecule has 0 atom stereocenters. The van der Waals surface area contributed by atoms with E-state index in [1.807, 2.05) is 11.8 Å². The van der Waals surface area contributed by atoms with E-state index in [0.29, 0.717) is 6.61 Å². The number of aliphatic hydroxyl groups is 1. The minimum absolute atomic E-state index is 0.318. The number of aliphatic hydroxyl groups excluding tert-OH is 1. The Labute approximate surface area is 80.3 Å². The lowest BCUT2D eigenvalue weighted by atomic mass is 10.3. The van der Waals surface area contributed by atoms with Crippen molar-refractivity contribution in [2.45, 2.75) is 19.8 Å². The molecule has 0 bridgehead atoms. The highest BCUT2D eigenvalue weighted by molar-refractivity contribution is 7.98. The van der Waals surface area contributed by atoms with Crippen molar-refractivity contribution >= 4 is 11.8 Å². The Kier molecular flexibility index (Phi) is 9.57. The lowest BCUT2D eigenvalue weighted by Crippen LogP contribution is -2.26. The standard InChI is InChI=1S/C9H21NOS/c1-3-10(6-4-8-11)7-5-9-12-2/h11H,3-9H2,1-2H3. The van der Waals surface area contributed by atoms with Crippen molar-refractivity contribution < 1.29 is 5.11 Å². The normalized spacial score (nSPS) is 11.0. The molecule has 12 heavy (non-hydrogen) atoms. The summed E-state index contributed by atoms with van der Waals surface area (Å²) in [6.07, 6.45) is 4.32. The third-order valence-electron chi connectivity index (χ3n) is 1.90. The molecule has 74 valence electrons. The second-order valence-electron chi connectivity index (χ2n) is 2.86. The van der Waals surface area contributed by atoms with Gasteiger partial charge in [0.25, 0.3) is 0 Å². The van der Waals surface area contributed by atoms with Crippen LogP contribution in [0.1, 0.15) is 19.8 Å². The topological polar surface area (TPSA) is 23.5 Å². The Morgan fingerprint density at radius 1 is 1.25 bits per heavy atom. The van der Waals surface area contributed by atoms with Crippen LogP contribution in [0, 0.1) is 0 Å². The second-order valence-corrected chi connectivity index (χ2v) is 3.84. The molecule has 1 N–H and O–H groups in total. The molecule has 0 aromatic carbocycles. The zero-order valence-electron chi connectivity index (χ0n) is 8.25. The molecular weight excluding hydrogens is 170 g/mol. The van der Waals surface area contributed by atoms with Crippen LogP contribution in [0.25, 0.3) is 0 Å². The lowest BCUT2D eigenvalue weighted by molar-refractivity contribution is 0.231. The number of hydrogen-bond acceptors (Lipinski definition) is 3. The minimum Gasteiger partial charge on any atom is -0.396 e. The highest BCUT2D eigenvalue weighted by Crippen LogP contribution is 1.99. The summed E-state index contributed by atoms with van der Waals surface area (Å²) in [6.45, 7) is 5.82. The van der Waals surface area contributed by atoms with Crippen LogP contribution in [-0.2, 0) is 0 Å². The maximum absolute atomic E-state index is 8.65. The zero-order chi connectivity index (χ0) is 9.23. The molecular formula is C9H21NOS. The number of nitrogens with zero attached hydrogens (tertiary/aromatic N) is 1. The van der Waals surface area contributed by atoms with Crippen molar-refractivity contribution in [3.05, 3.63) is 0 Å². The predicted octanol–water partition coefficient (Wildman–Crippen LogP) is 1.44. The van der Waals surface area contributed by atoms with Gasteiger partial charge in [-0.25, -0.2) is 0 Å². The molecule has 0 rings (SSSR count). The van der Waals surface area contributed by atoms with Gasteiger partial charge in [0.1, 0.15) is 0 Å². The molecule has 0 amide bonds. The molecule has 3 heteroatoms. The van der Waals surface area contributed by atoms with E-state index in [1.165, 1.54) is 18.7 Å². The minimum atomic E-state index is 0.318. The average Bonchev–Trinajstić information content (AvgIpc) is 2.11. The molecule has 0 unspecified atom stereocenters. The third-order valence-corrected chi connectivity index (χ3v) is 2.60. The van der Waals surface area contributed by atoms with E-state index < -0.39 is 0 Å². The van der Waals surface area contributed by atoms with Gasteiger partial charge in [0.2, 0.25) is 0 Å². The number of hydrogen-bond donors (Lipinski definition) is 1. The first-order valence-electron chi connectivity index (χ1n) is 4.67. The van der Waals surface area contributed by atoms with Crippen molar-refractivity contribution in [2.75, 3.05) is 38.2 Å². The molecule has 0 aliphatic rings. The van der Waals surface area contributed by atoms with Gasteiger partial charge in [0.05, 0.1) is 0 Å². The Morgan fingerprint density at radius 2 is 1.92 bits per heavy atom. The summed E-state index contributed by atoms with van der Waals surface area (Å²) in [5.74, 6) is 1.25. The van der Waals surface area contributed by atoms with Crippen LogP contribution in [0.4, 0.5) is 0 Å². The monoisotopic (exact) mass is 191 g/mol. The maximum Gasteiger partial charge on any atom is 0.0443 e. The quantitative estimate of drug-likeness (QED) is 0.587. The van der Waals surface area contributed by atoms with Gasteiger partial charge < -0.3 is 10.0 Å². The summed E-state index contributed by atoms with van der Waals surface area (Å²) >= 11 is 1.90. The molecule has 0 saturated carbocycles. The van der Waals surface area contributed by atoms with Crippen LogP contribution in [0.3, 0.4) is 0 Å². The fourth-order valence-electron chi connectivity index (χ4n) is 1.15. The molecule has 0 aliphatic heterocycles. The van der Waals surface area contributed by atoms with E-state index in [-0.39, 0.29) is 0 Å². The summed E-state index contributed by atoms with van der Waals surface area (Å²) in [5.41, 5.74) is 0. The van der Waals surface area contributed by atoms with E-state index in [9.17, 15) is 0 Å². The second kappa shape index (κ2) is 9.36. The fraction of sp³-hybridized carbons (Fsp3) is 1.00. The molecule has 0 aliphatic carbocycles. The van der Waals surface area contributed by atoms with Crippen LogP contribution in [0.5, 0.6) is 0 Å². The van der Waals surface area contributed by atoms with Crippen molar-refractivity contribution in [2.24, 2.45) is 0 Å². The zero-order valence-corrected chi connectivity index (χ0v) is 9.07. The van der Waals surface area contributed by atoms with Gasteiger partial charge in [-0.1, -0.05) is 6.92 Å². The Balaban J connectivity index is 3.26. The summed E-state index contributed by atoms with van der Waals surface area (Å²) in [7, 11) is 0. The van der Waals surface area contributed by atoms with Crippen LogP contribution >= 0.6 is 11.8 Å². The Hall–Kier alpha value is 0.270. The first kappa shape index (κ1) is 12.3. The molecule has 2 nitrogen and oxygen atoms in total. The number of thioether (sulfide) groups is 1. The summed E-state index contributed by atoms with van der Waals surface area (Å²) in [5, 5.41) is 8.65. The summed E-state index contributed by atoms with van der Waals surface area (Å²) in [6, 6.07) is 0. The van der Waals surface area contributed by atoms with Gasteiger partial charge in [-0.15, -0.1) is 0 Å². The van der Waals surface area contributed by atoms with E-state index >= 15 is 0 Å². The number of rotatable bonds is 8. The first-order chi connectivity index (χ1) is 5.85. The van der Waals surface area contributed by atoms with Gasteiger partial charge in [-0.3, -0.25) is 0 Å². The Bertz CT molecular complexity index is 90.6. The molecule has 0 spiro atoms. The van der Waals surface area contributed by atoms with Gasteiger partial charge in [-0.2, -0.15) is 11.8 Å². The SMILES string of the molecule is CCN(CCCO)CCCSC. The molecule has 0 fully saturated rings. The fourth-order valence-corrected chi connectivity index (χ4v) is 1.57. The highest BCUT2D eigenvalue weighted by atomic mass is 32.2. The summed E-state index contributed by atoms with van der Waals surface area (Å²) < 4.78 is 0. The third kappa shape index (κ3) is 6.95. The molecule has 0 heterocycles. The van der Waals surface area contributed by atoms with Gasteiger partial charge >= 0.3 is 0 Å². The van der Waals surface area contributed by atoms with E-state index in [0.717, 1.165) is 19.5 Å². The van der Waals surface area contributed by atoms with Gasteiger partial charge in [0.15, 0.2) is 0 Å².